The third-order valence-electron chi connectivity index (χ3n) is 3.46. The van der Waals surface area contributed by atoms with Gasteiger partial charge in [0, 0.05) is 30.9 Å². The summed E-state index contributed by atoms with van der Waals surface area (Å²) in [6.07, 6.45) is 4.06. The minimum absolute atomic E-state index is 0.0371. The van der Waals surface area contributed by atoms with E-state index in [1.165, 1.54) is 12.1 Å². The lowest BCUT2D eigenvalue weighted by Gasteiger charge is -2.17. The second-order valence-corrected chi connectivity index (χ2v) is 4.97. The number of nitrogens with zero attached hydrogens (tertiary/aromatic N) is 2. The molecule has 1 aliphatic heterocycles. The highest BCUT2D eigenvalue weighted by molar-refractivity contribution is 5.94. The third-order valence-corrected chi connectivity index (χ3v) is 3.46. The fourth-order valence-corrected chi connectivity index (χ4v) is 2.42. The van der Waals surface area contributed by atoms with E-state index in [0.717, 1.165) is 12.2 Å². The van der Waals surface area contributed by atoms with Crippen LogP contribution in [0.4, 0.5) is 4.39 Å². The van der Waals surface area contributed by atoms with Gasteiger partial charge in [0.2, 0.25) is 0 Å². The number of hydrogen-bond donors (Lipinski definition) is 0. The molecule has 3 rings (SSSR count). The molecule has 21 heavy (non-hydrogen) atoms. The molecule has 1 atom stereocenters. The Morgan fingerprint density at radius 3 is 2.86 bits per heavy atom. The van der Waals surface area contributed by atoms with Gasteiger partial charge in [-0.25, -0.2) is 4.39 Å². The van der Waals surface area contributed by atoms with Gasteiger partial charge in [-0.3, -0.25) is 9.78 Å². The van der Waals surface area contributed by atoms with Gasteiger partial charge in [0.1, 0.15) is 17.7 Å². The Bertz CT molecular complexity index is 633. The predicted octanol–water partition coefficient (Wildman–Crippen LogP) is 2.51. The zero-order valence-corrected chi connectivity index (χ0v) is 11.4. The number of halogens is 1. The van der Waals surface area contributed by atoms with Crippen molar-refractivity contribution in [3.8, 4) is 5.75 Å². The third kappa shape index (κ3) is 3.18. The lowest BCUT2D eigenvalue weighted by Crippen LogP contribution is -2.31. The largest absolute Gasteiger partial charge is 0.488 e. The molecular weight excluding hydrogens is 271 g/mol. The van der Waals surface area contributed by atoms with Crippen molar-refractivity contribution in [3.63, 3.8) is 0 Å². The van der Waals surface area contributed by atoms with E-state index in [4.69, 9.17) is 4.74 Å². The van der Waals surface area contributed by atoms with Gasteiger partial charge < -0.3 is 9.64 Å². The molecule has 4 nitrogen and oxygen atoms in total. The first-order chi connectivity index (χ1) is 10.2. The van der Waals surface area contributed by atoms with Crippen LogP contribution in [-0.4, -0.2) is 35.0 Å². The number of benzene rings is 1. The zero-order valence-electron chi connectivity index (χ0n) is 11.4. The van der Waals surface area contributed by atoms with Gasteiger partial charge in [0.25, 0.3) is 5.91 Å². The molecule has 108 valence electrons. The molecule has 0 spiro atoms. The lowest BCUT2D eigenvalue weighted by molar-refractivity contribution is 0.0772. The molecule has 1 aliphatic rings. The molecule has 2 heterocycles. The molecule has 1 fully saturated rings. The van der Waals surface area contributed by atoms with E-state index < -0.39 is 5.82 Å². The number of carbonyl (C=O) groups excluding carboxylic acids is 1. The number of carbonyl (C=O) groups is 1. The normalized spacial score (nSPS) is 17.8. The van der Waals surface area contributed by atoms with Gasteiger partial charge in [-0.1, -0.05) is 6.07 Å². The Hall–Kier alpha value is -2.43. The number of likely N-dealkylation sites (tertiary alicyclic amines) is 1. The second-order valence-electron chi connectivity index (χ2n) is 4.97. The van der Waals surface area contributed by atoms with Crippen LogP contribution >= 0.6 is 0 Å². The van der Waals surface area contributed by atoms with Gasteiger partial charge in [-0.2, -0.15) is 0 Å². The summed E-state index contributed by atoms with van der Waals surface area (Å²) in [5.74, 6) is 0.190. The van der Waals surface area contributed by atoms with Gasteiger partial charge in [0.15, 0.2) is 0 Å². The Morgan fingerprint density at radius 2 is 2.10 bits per heavy atom. The fourth-order valence-electron chi connectivity index (χ4n) is 2.42. The van der Waals surface area contributed by atoms with Crippen molar-refractivity contribution < 1.29 is 13.9 Å². The van der Waals surface area contributed by atoms with Crippen LogP contribution in [0.1, 0.15) is 16.8 Å². The topological polar surface area (TPSA) is 42.4 Å². The Kier molecular flexibility index (Phi) is 3.81. The minimum Gasteiger partial charge on any atom is -0.488 e. The summed E-state index contributed by atoms with van der Waals surface area (Å²) in [6.45, 7) is 1.13. The van der Waals surface area contributed by atoms with Crippen LogP contribution in [0.3, 0.4) is 0 Å². The maximum absolute atomic E-state index is 13.2. The molecule has 5 heteroatoms. The maximum Gasteiger partial charge on any atom is 0.254 e. The summed E-state index contributed by atoms with van der Waals surface area (Å²) in [5, 5.41) is 0. The number of ether oxygens (including phenoxy) is 1. The van der Waals surface area contributed by atoms with E-state index >= 15 is 0 Å². The zero-order chi connectivity index (χ0) is 14.7. The molecule has 1 amide bonds. The number of rotatable bonds is 3. The molecule has 0 aliphatic carbocycles. The Labute approximate surface area is 122 Å². The van der Waals surface area contributed by atoms with Crippen LogP contribution < -0.4 is 4.74 Å². The summed E-state index contributed by atoms with van der Waals surface area (Å²) in [7, 11) is 0. The highest BCUT2D eigenvalue weighted by Crippen LogP contribution is 2.19. The van der Waals surface area contributed by atoms with Crippen molar-refractivity contribution in [2.24, 2.45) is 0 Å². The summed E-state index contributed by atoms with van der Waals surface area (Å²) in [4.78, 5) is 17.9. The van der Waals surface area contributed by atoms with Crippen LogP contribution in [0.15, 0.2) is 48.8 Å². The predicted molar refractivity (Wildman–Crippen MR) is 75.6 cm³/mol. The van der Waals surface area contributed by atoms with Gasteiger partial charge in [-0.05, 0) is 30.3 Å². The summed E-state index contributed by atoms with van der Waals surface area (Å²) in [5.41, 5.74) is 0.375. The smallest absolute Gasteiger partial charge is 0.254 e. The SMILES string of the molecule is O=C(c1cccc(F)c1)N1CCC(Oc2ccncc2)C1. The molecule has 1 aromatic heterocycles. The van der Waals surface area contributed by atoms with Crippen molar-refractivity contribution in [1.82, 2.24) is 9.88 Å². The molecule has 2 aromatic rings. The van der Waals surface area contributed by atoms with Crippen molar-refractivity contribution in [2.75, 3.05) is 13.1 Å². The lowest BCUT2D eigenvalue weighted by atomic mass is 10.2. The van der Waals surface area contributed by atoms with Crippen molar-refractivity contribution in [1.29, 1.82) is 0 Å². The molecule has 0 N–H and O–H groups in total. The van der Waals surface area contributed by atoms with Crippen LogP contribution in [0.2, 0.25) is 0 Å². The van der Waals surface area contributed by atoms with E-state index in [0.29, 0.717) is 18.7 Å². The molecule has 1 unspecified atom stereocenters. The molecule has 1 saturated heterocycles. The minimum atomic E-state index is -0.398. The highest BCUT2D eigenvalue weighted by atomic mass is 19.1. The molecule has 0 radical (unpaired) electrons. The standard InChI is InChI=1S/C16H15FN2O2/c17-13-3-1-2-12(10-13)16(20)19-9-6-15(11-19)21-14-4-7-18-8-5-14/h1-5,7-8,10,15H,6,9,11H2. The fraction of sp³-hybridized carbons (Fsp3) is 0.250. The van der Waals surface area contributed by atoms with Gasteiger partial charge >= 0.3 is 0 Å². The summed E-state index contributed by atoms with van der Waals surface area (Å²) >= 11 is 0. The van der Waals surface area contributed by atoms with Crippen LogP contribution in [-0.2, 0) is 0 Å². The number of hydrogen-bond acceptors (Lipinski definition) is 3. The van der Waals surface area contributed by atoms with E-state index in [1.807, 2.05) is 0 Å². The number of pyridine rings is 1. The van der Waals surface area contributed by atoms with Gasteiger partial charge in [-0.15, -0.1) is 0 Å². The molecule has 1 aromatic carbocycles. The van der Waals surface area contributed by atoms with E-state index in [2.05, 4.69) is 4.98 Å². The second kappa shape index (κ2) is 5.91. The summed E-state index contributed by atoms with van der Waals surface area (Å²) < 4.78 is 19.0. The van der Waals surface area contributed by atoms with E-state index in [-0.39, 0.29) is 12.0 Å². The van der Waals surface area contributed by atoms with Crippen molar-refractivity contribution >= 4 is 5.91 Å². The monoisotopic (exact) mass is 286 g/mol. The van der Waals surface area contributed by atoms with Crippen LogP contribution in [0.25, 0.3) is 0 Å². The average molecular weight is 286 g/mol. The number of aromatic nitrogens is 1. The Morgan fingerprint density at radius 1 is 1.29 bits per heavy atom. The highest BCUT2D eigenvalue weighted by Gasteiger charge is 2.28. The van der Waals surface area contributed by atoms with Crippen molar-refractivity contribution in [3.05, 3.63) is 60.2 Å². The molecular formula is C16H15FN2O2. The van der Waals surface area contributed by atoms with E-state index in [1.54, 1.807) is 41.6 Å². The van der Waals surface area contributed by atoms with Crippen LogP contribution in [0, 0.1) is 5.82 Å². The Balaban J connectivity index is 1.63. The molecule has 0 saturated carbocycles. The first-order valence-corrected chi connectivity index (χ1v) is 6.84. The first kappa shape index (κ1) is 13.5. The van der Waals surface area contributed by atoms with Gasteiger partial charge in [0.05, 0.1) is 6.54 Å². The molecule has 0 bridgehead atoms. The number of amides is 1. The van der Waals surface area contributed by atoms with Crippen LogP contribution in [0.5, 0.6) is 5.75 Å². The quantitative estimate of drug-likeness (QED) is 0.870. The maximum atomic E-state index is 13.2. The first-order valence-electron chi connectivity index (χ1n) is 6.84. The summed E-state index contributed by atoms with van der Waals surface area (Å²) in [6, 6.07) is 9.34. The van der Waals surface area contributed by atoms with E-state index in [9.17, 15) is 9.18 Å². The van der Waals surface area contributed by atoms with Crippen molar-refractivity contribution in [2.45, 2.75) is 12.5 Å². The average Bonchev–Trinajstić information content (AvgIpc) is 2.96.